The molecular formula is C19H29N3O2. The number of aryl methyl sites for hydroxylation is 1. The third kappa shape index (κ3) is 5.96. The zero-order valence-corrected chi connectivity index (χ0v) is 15.0. The normalized spacial score (nSPS) is 13.8. The lowest BCUT2D eigenvalue weighted by Crippen LogP contribution is -2.43. The van der Waals surface area contributed by atoms with E-state index in [-0.39, 0.29) is 18.4 Å². The highest BCUT2D eigenvalue weighted by molar-refractivity contribution is 5.85. The second kappa shape index (κ2) is 8.83. The number of carbonyl (C=O) groups is 2. The van der Waals surface area contributed by atoms with Gasteiger partial charge >= 0.3 is 0 Å². The van der Waals surface area contributed by atoms with Crippen LogP contribution in [0.25, 0.3) is 0 Å². The molecule has 0 spiro atoms. The van der Waals surface area contributed by atoms with E-state index in [1.54, 1.807) is 7.05 Å². The first kappa shape index (κ1) is 18.5. The van der Waals surface area contributed by atoms with E-state index in [0.29, 0.717) is 19.1 Å². The van der Waals surface area contributed by atoms with Gasteiger partial charge in [0.15, 0.2) is 0 Å². The number of carbonyl (C=O) groups excluding carboxylic acids is 2. The van der Waals surface area contributed by atoms with Gasteiger partial charge in [-0.3, -0.25) is 14.5 Å². The van der Waals surface area contributed by atoms with Crippen LogP contribution in [0, 0.1) is 6.92 Å². The van der Waals surface area contributed by atoms with Gasteiger partial charge in [-0.1, -0.05) is 36.8 Å². The van der Waals surface area contributed by atoms with Crippen molar-refractivity contribution in [1.82, 2.24) is 15.1 Å². The second-order valence-electron chi connectivity index (χ2n) is 6.72. The van der Waals surface area contributed by atoms with Crippen LogP contribution in [0.3, 0.4) is 0 Å². The van der Waals surface area contributed by atoms with Crippen LogP contribution < -0.4 is 5.32 Å². The van der Waals surface area contributed by atoms with Crippen molar-refractivity contribution in [1.29, 1.82) is 0 Å². The molecule has 1 aromatic carbocycles. The molecule has 0 unspecified atom stereocenters. The van der Waals surface area contributed by atoms with Crippen molar-refractivity contribution in [2.45, 2.75) is 45.7 Å². The molecule has 0 radical (unpaired) electrons. The monoisotopic (exact) mass is 331 g/mol. The Kier molecular flexibility index (Phi) is 6.79. The van der Waals surface area contributed by atoms with Gasteiger partial charge in [0.05, 0.1) is 13.1 Å². The van der Waals surface area contributed by atoms with Gasteiger partial charge < -0.3 is 10.2 Å². The van der Waals surface area contributed by atoms with Crippen molar-refractivity contribution in [2.24, 2.45) is 0 Å². The Bertz CT molecular complexity index is 569. The largest absolute Gasteiger partial charge is 0.355 e. The summed E-state index contributed by atoms with van der Waals surface area (Å²) in [4.78, 5) is 28.0. The van der Waals surface area contributed by atoms with E-state index in [9.17, 15) is 9.59 Å². The topological polar surface area (TPSA) is 52.7 Å². The molecule has 0 bridgehead atoms. The van der Waals surface area contributed by atoms with E-state index < -0.39 is 0 Å². The van der Waals surface area contributed by atoms with E-state index >= 15 is 0 Å². The minimum absolute atomic E-state index is 0.00111. The number of likely N-dealkylation sites (N-methyl/N-ethyl adjacent to an activating group) is 1. The Balaban J connectivity index is 1.88. The van der Waals surface area contributed by atoms with Crippen LogP contribution in [0.15, 0.2) is 24.3 Å². The molecule has 0 saturated heterocycles. The van der Waals surface area contributed by atoms with Gasteiger partial charge in [-0.2, -0.15) is 0 Å². The fraction of sp³-hybridized carbons (Fsp3) is 0.579. The maximum atomic E-state index is 12.5. The first-order valence-electron chi connectivity index (χ1n) is 8.80. The summed E-state index contributed by atoms with van der Waals surface area (Å²) < 4.78 is 0. The molecule has 2 rings (SSSR count). The molecule has 1 aliphatic carbocycles. The molecule has 1 aromatic rings. The number of amides is 2. The SMILES string of the molecule is CCCNC(=O)CN(C)C(=O)CN(Cc1cccc(C)c1)C1CC1. The average Bonchev–Trinajstić information content (AvgIpc) is 3.37. The van der Waals surface area contributed by atoms with Gasteiger partial charge in [0, 0.05) is 26.2 Å². The van der Waals surface area contributed by atoms with Crippen molar-refractivity contribution in [3.63, 3.8) is 0 Å². The van der Waals surface area contributed by atoms with Crippen molar-refractivity contribution in [3.8, 4) is 0 Å². The number of hydrogen-bond donors (Lipinski definition) is 1. The van der Waals surface area contributed by atoms with E-state index in [1.807, 2.05) is 6.92 Å². The van der Waals surface area contributed by atoms with E-state index in [4.69, 9.17) is 0 Å². The second-order valence-corrected chi connectivity index (χ2v) is 6.72. The molecule has 1 fully saturated rings. The van der Waals surface area contributed by atoms with Crippen molar-refractivity contribution >= 4 is 11.8 Å². The van der Waals surface area contributed by atoms with Crippen molar-refractivity contribution in [2.75, 3.05) is 26.7 Å². The minimum atomic E-state index is -0.0932. The van der Waals surface area contributed by atoms with Gasteiger partial charge in [-0.25, -0.2) is 0 Å². The van der Waals surface area contributed by atoms with Gasteiger partial charge in [-0.15, -0.1) is 0 Å². The van der Waals surface area contributed by atoms with Crippen LogP contribution in [-0.2, 0) is 16.1 Å². The molecule has 1 N–H and O–H groups in total. The number of hydrogen-bond acceptors (Lipinski definition) is 3. The summed E-state index contributed by atoms with van der Waals surface area (Å²) in [6, 6.07) is 8.91. The number of benzene rings is 1. The summed E-state index contributed by atoms with van der Waals surface area (Å²) in [6.45, 7) is 6.03. The number of rotatable bonds is 9. The Morgan fingerprint density at radius 2 is 2.00 bits per heavy atom. The van der Waals surface area contributed by atoms with Crippen LogP contribution in [-0.4, -0.2) is 54.3 Å². The lowest BCUT2D eigenvalue weighted by Gasteiger charge is -2.25. The predicted molar refractivity (Wildman–Crippen MR) is 95.5 cm³/mol. The van der Waals surface area contributed by atoms with Crippen LogP contribution in [0.4, 0.5) is 0 Å². The molecule has 2 amide bonds. The molecule has 24 heavy (non-hydrogen) atoms. The summed E-state index contributed by atoms with van der Waals surface area (Å²) in [6.07, 6.45) is 3.20. The number of nitrogens with one attached hydrogen (secondary N) is 1. The van der Waals surface area contributed by atoms with E-state index in [2.05, 4.69) is 41.4 Å². The first-order chi connectivity index (χ1) is 11.5. The lowest BCUT2D eigenvalue weighted by atomic mass is 10.1. The summed E-state index contributed by atoms with van der Waals surface area (Å²) in [5.41, 5.74) is 2.47. The van der Waals surface area contributed by atoms with E-state index in [0.717, 1.165) is 25.8 Å². The molecule has 5 heteroatoms. The van der Waals surface area contributed by atoms with Crippen LogP contribution >= 0.6 is 0 Å². The first-order valence-corrected chi connectivity index (χ1v) is 8.80. The number of nitrogens with zero attached hydrogens (tertiary/aromatic N) is 2. The van der Waals surface area contributed by atoms with Gasteiger partial charge in [-0.05, 0) is 31.7 Å². The molecule has 132 valence electrons. The Hall–Kier alpha value is -1.88. The molecule has 0 atom stereocenters. The Morgan fingerprint density at radius 3 is 2.62 bits per heavy atom. The highest BCUT2D eigenvalue weighted by Crippen LogP contribution is 2.28. The quantitative estimate of drug-likeness (QED) is 0.752. The van der Waals surface area contributed by atoms with E-state index in [1.165, 1.54) is 16.0 Å². The fourth-order valence-electron chi connectivity index (χ4n) is 2.72. The van der Waals surface area contributed by atoms with Gasteiger partial charge in [0.25, 0.3) is 0 Å². The predicted octanol–water partition coefficient (Wildman–Crippen LogP) is 1.94. The van der Waals surface area contributed by atoms with Gasteiger partial charge in [0.2, 0.25) is 11.8 Å². The third-order valence-electron chi connectivity index (χ3n) is 4.25. The summed E-state index contributed by atoms with van der Waals surface area (Å²) in [7, 11) is 1.70. The third-order valence-corrected chi connectivity index (χ3v) is 4.25. The highest BCUT2D eigenvalue weighted by Gasteiger charge is 2.31. The maximum absolute atomic E-state index is 12.5. The standard InChI is InChI=1S/C19H29N3O2/c1-4-10-20-18(23)13-21(3)19(24)14-22(17-8-9-17)12-16-7-5-6-15(2)11-16/h5-7,11,17H,4,8-10,12-14H2,1-3H3,(H,20,23). The molecule has 0 heterocycles. The zero-order chi connectivity index (χ0) is 17.5. The molecule has 1 saturated carbocycles. The van der Waals surface area contributed by atoms with Gasteiger partial charge in [0.1, 0.15) is 0 Å². The molecule has 0 aliphatic heterocycles. The fourth-order valence-corrected chi connectivity index (χ4v) is 2.72. The maximum Gasteiger partial charge on any atom is 0.239 e. The smallest absolute Gasteiger partial charge is 0.239 e. The van der Waals surface area contributed by atoms with Crippen molar-refractivity contribution < 1.29 is 9.59 Å². The molecule has 5 nitrogen and oxygen atoms in total. The highest BCUT2D eigenvalue weighted by atomic mass is 16.2. The average molecular weight is 331 g/mol. The van der Waals surface area contributed by atoms with Crippen LogP contribution in [0.1, 0.15) is 37.3 Å². The molecule has 1 aliphatic rings. The van der Waals surface area contributed by atoms with Crippen molar-refractivity contribution in [3.05, 3.63) is 35.4 Å². The van der Waals surface area contributed by atoms with Crippen LogP contribution in [0.5, 0.6) is 0 Å². The van der Waals surface area contributed by atoms with Crippen LogP contribution in [0.2, 0.25) is 0 Å². The Labute approximate surface area is 145 Å². The Morgan fingerprint density at radius 1 is 1.25 bits per heavy atom. The zero-order valence-electron chi connectivity index (χ0n) is 15.0. The lowest BCUT2D eigenvalue weighted by molar-refractivity contribution is -0.135. The molecule has 0 aromatic heterocycles. The molecular weight excluding hydrogens is 302 g/mol. The summed E-state index contributed by atoms with van der Waals surface area (Å²) in [5.74, 6) is -0.0921. The minimum Gasteiger partial charge on any atom is -0.355 e. The summed E-state index contributed by atoms with van der Waals surface area (Å²) in [5, 5.41) is 2.81. The summed E-state index contributed by atoms with van der Waals surface area (Å²) >= 11 is 0.